The Bertz CT molecular complexity index is 217. The largest absolute Gasteiger partial charge is 2.00 e. The van der Waals surface area contributed by atoms with E-state index in [0.717, 1.165) is 12.8 Å². The molecule has 0 aromatic heterocycles. The molecule has 136 valence electrons. The predicted octanol–water partition coefficient (Wildman–Crippen LogP) is -0.0403. The van der Waals surface area contributed by atoms with Crippen LogP contribution in [0, 0.1) is 0 Å². The molecule has 0 heterocycles. The van der Waals surface area contributed by atoms with Gasteiger partial charge >= 0.3 is 43.7 Å². The van der Waals surface area contributed by atoms with Gasteiger partial charge in [-0.2, -0.15) is 0 Å². The van der Waals surface area contributed by atoms with Gasteiger partial charge in [0, 0.05) is 6.42 Å². The summed E-state index contributed by atoms with van der Waals surface area (Å²) in [7, 11) is 0. The molecule has 5 heteroatoms. The Morgan fingerprint density at radius 1 is 0.609 bits per heavy atom. The van der Waals surface area contributed by atoms with Crippen molar-refractivity contribution >= 4 is 43.7 Å². The Morgan fingerprint density at radius 3 is 1.13 bits per heavy atom. The number of rotatable bonds is 16. The van der Waals surface area contributed by atoms with Crippen molar-refractivity contribution in [2.24, 2.45) is 0 Å². The Labute approximate surface area is 186 Å². The fourth-order valence-electron chi connectivity index (χ4n) is 2.65. The number of halogens is 2. The summed E-state index contributed by atoms with van der Waals surface area (Å²) in [5.41, 5.74) is 0. The third kappa shape index (κ3) is 31.6. The van der Waals surface area contributed by atoms with Gasteiger partial charge in [0.2, 0.25) is 0 Å². The summed E-state index contributed by atoms with van der Waals surface area (Å²) in [6.45, 7) is 2.27. The molecule has 0 aliphatic heterocycles. The summed E-state index contributed by atoms with van der Waals surface area (Å²) in [6.07, 6.45) is 20.2. The molecule has 0 spiro atoms. The zero-order valence-electron chi connectivity index (χ0n) is 15.1. The monoisotopic (exact) mass is 394 g/mol. The standard InChI is InChI=1S/C18H36O2.Ca.2ClH/c1-2-3-4-5-6-7-8-9-10-11-12-13-14-15-16-17-18(19)20;;;/h2-17H2,1H3,(H,19,20);;2*1H/q;+2;;/p-2. The van der Waals surface area contributed by atoms with E-state index in [2.05, 4.69) is 6.92 Å². The van der Waals surface area contributed by atoms with Gasteiger partial charge in [-0.15, -0.1) is 0 Å². The number of carboxylic acids is 1. The quantitative estimate of drug-likeness (QED) is 0.294. The Morgan fingerprint density at radius 2 is 0.870 bits per heavy atom. The van der Waals surface area contributed by atoms with Gasteiger partial charge in [-0.25, -0.2) is 0 Å². The van der Waals surface area contributed by atoms with E-state index in [4.69, 9.17) is 5.11 Å². The molecule has 0 aliphatic carbocycles. The van der Waals surface area contributed by atoms with Crippen molar-refractivity contribution in [1.29, 1.82) is 0 Å². The Kier molecular flexibility index (Phi) is 39.2. The minimum Gasteiger partial charge on any atom is -1.00 e. The van der Waals surface area contributed by atoms with Gasteiger partial charge in [0.1, 0.15) is 0 Å². The van der Waals surface area contributed by atoms with Crippen LogP contribution in [0.2, 0.25) is 0 Å². The molecule has 0 aromatic carbocycles. The summed E-state index contributed by atoms with van der Waals surface area (Å²) in [5, 5.41) is 8.52. The van der Waals surface area contributed by atoms with Crippen LogP contribution in [-0.4, -0.2) is 48.8 Å². The second kappa shape index (κ2) is 28.1. The molecule has 0 saturated heterocycles. The van der Waals surface area contributed by atoms with Crippen LogP contribution in [0.15, 0.2) is 0 Å². The van der Waals surface area contributed by atoms with Crippen LogP contribution in [0.4, 0.5) is 0 Å². The van der Waals surface area contributed by atoms with Crippen molar-refractivity contribution in [2.45, 2.75) is 110 Å². The van der Waals surface area contributed by atoms with E-state index < -0.39 is 5.97 Å². The average molecular weight is 395 g/mol. The molecule has 1 N–H and O–H groups in total. The van der Waals surface area contributed by atoms with E-state index in [1.165, 1.54) is 83.5 Å². The van der Waals surface area contributed by atoms with Crippen molar-refractivity contribution in [3.05, 3.63) is 0 Å². The molecule has 0 aliphatic rings. The summed E-state index contributed by atoms with van der Waals surface area (Å²) in [4.78, 5) is 10.3. The molecule has 0 aromatic rings. The average Bonchev–Trinajstić information content (AvgIpc) is 2.43. The second-order valence-electron chi connectivity index (χ2n) is 6.09. The minimum atomic E-state index is -0.653. The van der Waals surface area contributed by atoms with Gasteiger partial charge in [-0.3, -0.25) is 4.79 Å². The van der Waals surface area contributed by atoms with Crippen LogP contribution < -0.4 is 24.8 Å². The SMILES string of the molecule is CCCCCCCCCCCCCCCCCC(=O)O.[Ca+2].[Cl-].[Cl-]. The maximum absolute atomic E-state index is 10.3. The van der Waals surface area contributed by atoms with E-state index in [9.17, 15) is 4.79 Å². The minimum absolute atomic E-state index is 0. The fraction of sp³-hybridized carbons (Fsp3) is 0.944. The van der Waals surface area contributed by atoms with E-state index in [0.29, 0.717) is 6.42 Å². The molecular weight excluding hydrogens is 359 g/mol. The number of carboxylic acid groups (broad SMARTS) is 1. The molecule has 0 amide bonds. The van der Waals surface area contributed by atoms with Crippen molar-refractivity contribution in [3.8, 4) is 0 Å². The van der Waals surface area contributed by atoms with E-state index >= 15 is 0 Å². The predicted molar refractivity (Wildman–Crippen MR) is 92.9 cm³/mol. The molecular formula is C18H36CaCl2O2. The van der Waals surface area contributed by atoms with Gasteiger partial charge in [-0.1, -0.05) is 96.8 Å². The summed E-state index contributed by atoms with van der Waals surface area (Å²) >= 11 is 0. The second-order valence-corrected chi connectivity index (χ2v) is 6.09. The van der Waals surface area contributed by atoms with Crippen LogP contribution in [0.1, 0.15) is 110 Å². The zero-order chi connectivity index (χ0) is 14.9. The van der Waals surface area contributed by atoms with Gasteiger partial charge in [0.25, 0.3) is 0 Å². The van der Waals surface area contributed by atoms with Gasteiger partial charge in [0.05, 0.1) is 0 Å². The molecule has 0 saturated carbocycles. The maximum atomic E-state index is 10.3. The molecule has 0 bridgehead atoms. The fourth-order valence-corrected chi connectivity index (χ4v) is 2.65. The maximum Gasteiger partial charge on any atom is 2.00 e. The van der Waals surface area contributed by atoms with Crippen molar-refractivity contribution in [1.82, 2.24) is 0 Å². The van der Waals surface area contributed by atoms with Gasteiger partial charge in [0.15, 0.2) is 0 Å². The Balaban J connectivity index is -0.000000602. The third-order valence-corrected chi connectivity index (χ3v) is 3.99. The number of unbranched alkanes of at least 4 members (excludes halogenated alkanes) is 14. The molecule has 0 unspecified atom stereocenters. The summed E-state index contributed by atoms with van der Waals surface area (Å²) < 4.78 is 0. The smallest absolute Gasteiger partial charge is 1.00 e. The topological polar surface area (TPSA) is 37.3 Å². The van der Waals surface area contributed by atoms with Gasteiger partial charge < -0.3 is 29.9 Å². The van der Waals surface area contributed by atoms with Crippen molar-refractivity contribution < 1.29 is 34.7 Å². The first-order valence-corrected chi connectivity index (χ1v) is 8.99. The third-order valence-electron chi connectivity index (χ3n) is 3.99. The van der Waals surface area contributed by atoms with Crippen LogP contribution >= 0.6 is 0 Å². The normalized spacial score (nSPS) is 9.43. The van der Waals surface area contributed by atoms with Crippen LogP contribution in [-0.2, 0) is 4.79 Å². The Hall–Kier alpha value is 1.31. The number of carbonyl (C=O) groups is 1. The first-order chi connectivity index (χ1) is 9.77. The number of hydrogen-bond acceptors (Lipinski definition) is 1. The molecule has 0 fully saturated rings. The van der Waals surface area contributed by atoms with Crippen LogP contribution in [0.3, 0.4) is 0 Å². The molecule has 0 radical (unpaired) electrons. The van der Waals surface area contributed by atoms with Crippen LogP contribution in [0.5, 0.6) is 0 Å². The molecule has 2 nitrogen and oxygen atoms in total. The van der Waals surface area contributed by atoms with E-state index in [-0.39, 0.29) is 62.6 Å². The van der Waals surface area contributed by atoms with E-state index in [1.807, 2.05) is 0 Å². The van der Waals surface area contributed by atoms with Crippen molar-refractivity contribution in [3.63, 3.8) is 0 Å². The summed E-state index contributed by atoms with van der Waals surface area (Å²) in [5.74, 6) is -0.653. The first kappa shape index (κ1) is 32.0. The molecule has 23 heavy (non-hydrogen) atoms. The van der Waals surface area contributed by atoms with E-state index in [1.54, 1.807) is 0 Å². The van der Waals surface area contributed by atoms with Gasteiger partial charge in [-0.05, 0) is 6.42 Å². The number of aliphatic carboxylic acids is 1. The molecule has 0 rings (SSSR count). The first-order valence-electron chi connectivity index (χ1n) is 8.99. The zero-order valence-corrected chi connectivity index (χ0v) is 18.9. The van der Waals surface area contributed by atoms with Crippen LogP contribution in [0.25, 0.3) is 0 Å². The number of hydrogen-bond donors (Lipinski definition) is 1. The summed E-state index contributed by atoms with van der Waals surface area (Å²) in [6, 6.07) is 0. The van der Waals surface area contributed by atoms with Crippen molar-refractivity contribution in [2.75, 3.05) is 0 Å². The molecule has 0 atom stereocenters.